The van der Waals surface area contributed by atoms with E-state index in [2.05, 4.69) is 10.3 Å². The van der Waals surface area contributed by atoms with E-state index in [-0.39, 0.29) is 11.5 Å². The van der Waals surface area contributed by atoms with Gasteiger partial charge in [-0.05, 0) is 84.1 Å². The van der Waals surface area contributed by atoms with Crippen LogP contribution in [0.4, 0.5) is 24.5 Å². The number of anilines is 2. The molecule has 3 aromatic carbocycles. The first kappa shape index (κ1) is 25.8. The molecule has 0 saturated carbocycles. The van der Waals surface area contributed by atoms with Crippen LogP contribution in [-0.2, 0) is 12.6 Å². The maximum atomic E-state index is 13.3. The van der Waals surface area contributed by atoms with Crippen LogP contribution in [0.15, 0.2) is 79.0 Å². The number of halogens is 4. The lowest BCUT2D eigenvalue weighted by Gasteiger charge is -2.27. The molecule has 1 N–H and O–H groups in total. The van der Waals surface area contributed by atoms with Gasteiger partial charge >= 0.3 is 6.18 Å². The van der Waals surface area contributed by atoms with Crippen molar-refractivity contribution >= 4 is 45.4 Å². The number of nitrogens with one attached hydrogen (secondary N) is 1. The molecular formula is C30H25ClF3N3O. The standard InChI is InChI=1S/C30H25ClF3N3O/c1-2-19-17-22(5-10-26(19)30(32,33)34)20-12-15-37(16-13-20)29(38)21-3-7-24(8-4-21)36-27-11-14-35-28-18-23(31)6-9-25(27)28/h3-12,14,17-18H,2,13,15-16H2,1H3,(H,35,36). The average molecular weight is 536 g/mol. The van der Waals surface area contributed by atoms with Gasteiger partial charge in [-0.15, -0.1) is 0 Å². The summed E-state index contributed by atoms with van der Waals surface area (Å²) in [6.45, 7) is 2.63. The van der Waals surface area contributed by atoms with Crippen LogP contribution in [0, 0.1) is 0 Å². The van der Waals surface area contributed by atoms with Crippen LogP contribution < -0.4 is 5.32 Å². The molecular weight excluding hydrogens is 511 g/mol. The highest BCUT2D eigenvalue weighted by Crippen LogP contribution is 2.35. The predicted octanol–water partition coefficient (Wildman–Crippen LogP) is 8.14. The summed E-state index contributed by atoms with van der Waals surface area (Å²) in [5, 5.41) is 4.93. The zero-order chi connectivity index (χ0) is 26.9. The van der Waals surface area contributed by atoms with Gasteiger partial charge in [0.2, 0.25) is 0 Å². The number of pyridine rings is 1. The van der Waals surface area contributed by atoms with E-state index in [4.69, 9.17) is 11.6 Å². The number of carbonyl (C=O) groups is 1. The second-order valence-corrected chi connectivity index (χ2v) is 9.61. The minimum absolute atomic E-state index is 0.0856. The maximum absolute atomic E-state index is 13.3. The second kappa shape index (κ2) is 10.5. The van der Waals surface area contributed by atoms with Crippen molar-refractivity contribution in [2.75, 3.05) is 18.4 Å². The highest BCUT2D eigenvalue weighted by atomic mass is 35.5. The van der Waals surface area contributed by atoms with Gasteiger partial charge in [0, 0.05) is 46.6 Å². The number of fused-ring (bicyclic) bond motifs is 1. The van der Waals surface area contributed by atoms with Crippen molar-refractivity contribution in [2.45, 2.75) is 25.9 Å². The van der Waals surface area contributed by atoms with Crippen LogP contribution in [0.5, 0.6) is 0 Å². The van der Waals surface area contributed by atoms with E-state index in [1.165, 1.54) is 6.07 Å². The Balaban J connectivity index is 1.27. The molecule has 1 amide bonds. The Kier molecular flexibility index (Phi) is 7.13. The van der Waals surface area contributed by atoms with Crippen LogP contribution in [0.3, 0.4) is 0 Å². The van der Waals surface area contributed by atoms with Crippen molar-refractivity contribution in [1.29, 1.82) is 0 Å². The summed E-state index contributed by atoms with van der Waals surface area (Å²) in [7, 11) is 0. The Labute approximate surface area is 223 Å². The lowest BCUT2D eigenvalue weighted by molar-refractivity contribution is -0.138. The molecule has 8 heteroatoms. The average Bonchev–Trinajstić information content (AvgIpc) is 2.92. The molecule has 4 aromatic rings. The zero-order valence-electron chi connectivity index (χ0n) is 20.6. The second-order valence-electron chi connectivity index (χ2n) is 9.18. The molecule has 0 atom stereocenters. The monoisotopic (exact) mass is 535 g/mol. The van der Waals surface area contributed by atoms with Crippen LogP contribution in [-0.4, -0.2) is 28.9 Å². The quantitative estimate of drug-likeness (QED) is 0.280. The van der Waals surface area contributed by atoms with E-state index in [0.717, 1.165) is 39.5 Å². The Morgan fingerprint density at radius 2 is 1.84 bits per heavy atom. The van der Waals surface area contributed by atoms with Gasteiger partial charge in [-0.3, -0.25) is 9.78 Å². The van der Waals surface area contributed by atoms with Gasteiger partial charge in [0.15, 0.2) is 0 Å². The van der Waals surface area contributed by atoms with E-state index >= 15 is 0 Å². The molecule has 0 fully saturated rings. The molecule has 0 spiro atoms. The molecule has 5 rings (SSSR count). The third-order valence-corrected chi connectivity index (χ3v) is 7.01. The zero-order valence-corrected chi connectivity index (χ0v) is 21.4. The number of hydrogen-bond donors (Lipinski definition) is 1. The number of aryl methyl sites for hydroxylation is 1. The van der Waals surface area contributed by atoms with Gasteiger partial charge < -0.3 is 10.2 Å². The molecule has 0 unspecified atom stereocenters. The highest BCUT2D eigenvalue weighted by molar-refractivity contribution is 6.31. The molecule has 38 heavy (non-hydrogen) atoms. The number of carbonyl (C=O) groups excluding carboxylic acids is 1. The topological polar surface area (TPSA) is 45.2 Å². The Bertz CT molecular complexity index is 1530. The van der Waals surface area contributed by atoms with Crippen molar-refractivity contribution < 1.29 is 18.0 Å². The Hall–Kier alpha value is -3.84. The first-order valence-electron chi connectivity index (χ1n) is 12.3. The molecule has 1 aliphatic rings. The fourth-order valence-corrected chi connectivity index (χ4v) is 4.91. The lowest BCUT2D eigenvalue weighted by Crippen LogP contribution is -2.34. The molecule has 0 bridgehead atoms. The number of nitrogens with zero attached hydrogens (tertiary/aromatic N) is 2. The van der Waals surface area contributed by atoms with Gasteiger partial charge in [-0.2, -0.15) is 13.2 Å². The molecule has 2 heterocycles. The van der Waals surface area contributed by atoms with Crippen LogP contribution >= 0.6 is 11.6 Å². The van der Waals surface area contributed by atoms with E-state index in [1.54, 1.807) is 36.2 Å². The number of hydrogen-bond acceptors (Lipinski definition) is 3. The minimum Gasteiger partial charge on any atom is -0.355 e. The summed E-state index contributed by atoms with van der Waals surface area (Å²) in [6, 6.07) is 19.0. The van der Waals surface area contributed by atoms with Gasteiger partial charge in [0.25, 0.3) is 5.91 Å². The summed E-state index contributed by atoms with van der Waals surface area (Å²) in [5.41, 5.74) is 4.51. The third-order valence-electron chi connectivity index (χ3n) is 6.77. The normalized spacial score (nSPS) is 13.9. The fourth-order valence-electron chi connectivity index (χ4n) is 4.74. The van der Waals surface area contributed by atoms with Crippen LogP contribution in [0.25, 0.3) is 16.5 Å². The fraction of sp³-hybridized carbons (Fsp3) is 0.200. The van der Waals surface area contributed by atoms with Gasteiger partial charge in [0.1, 0.15) is 0 Å². The van der Waals surface area contributed by atoms with Crippen LogP contribution in [0.1, 0.15) is 40.4 Å². The first-order valence-corrected chi connectivity index (χ1v) is 12.7. The molecule has 1 aliphatic heterocycles. The largest absolute Gasteiger partial charge is 0.416 e. The number of rotatable bonds is 5. The number of aromatic nitrogens is 1. The van der Waals surface area contributed by atoms with Crippen molar-refractivity contribution in [3.63, 3.8) is 0 Å². The lowest BCUT2D eigenvalue weighted by atomic mass is 9.94. The summed E-state index contributed by atoms with van der Waals surface area (Å²) >= 11 is 6.08. The molecule has 1 aromatic heterocycles. The minimum atomic E-state index is -4.36. The van der Waals surface area contributed by atoms with Gasteiger partial charge in [0.05, 0.1) is 11.1 Å². The predicted molar refractivity (Wildman–Crippen MR) is 146 cm³/mol. The van der Waals surface area contributed by atoms with Crippen molar-refractivity contribution in [2.24, 2.45) is 0 Å². The summed E-state index contributed by atoms with van der Waals surface area (Å²) in [4.78, 5) is 19.2. The number of alkyl halides is 3. The summed E-state index contributed by atoms with van der Waals surface area (Å²) in [6.07, 6.45) is 0.167. The van der Waals surface area contributed by atoms with Crippen molar-refractivity contribution in [1.82, 2.24) is 9.88 Å². The van der Waals surface area contributed by atoms with E-state index in [0.29, 0.717) is 36.5 Å². The van der Waals surface area contributed by atoms with Crippen molar-refractivity contribution in [3.8, 4) is 0 Å². The SMILES string of the molecule is CCc1cc(C2=CCN(C(=O)c3ccc(Nc4ccnc5cc(Cl)ccc45)cc3)CC2)ccc1C(F)(F)F. The molecule has 4 nitrogen and oxygen atoms in total. The third kappa shape index (κ3) is 5.38. The van der Waals surface area contributed by atoms with E-state index in [1.807, 2.05) is 42.5 Å². The Morgan fingerprint density at radius 3 is 2.53 bits per heavy atom. The molecule has 0 radical (unpaired) electrons. The Morgan fingerprint density at radius 1 is 1.05 bits per heavy atom. The molecule has 0 saturated heterocycles. The number of benzene rings is 3. The molecule has 194 valence electrons. The summed E-state index contributed by atoms with van der Waals surface area (Å²) < 4.78 is 39.8. The van der Waals surface area contributed by atoms with Gasteiger partial charge in [-0.25, -0.2) is 0 Å². The first-order chi connectivity index (χ1) is 18.2. The van der Waals surface area contributed by atoms with E-state index in [9.17, 15) is 18.0 Å². The molecule has 0 aliphatic carbocycles. The van der Waals surface area contributed by atoms with Gasteiger partial charge in [-0.1, -0.05) is 36.7 Å². The number of amides is 1. The van der Waals surface area contributed by atoms with Crippen molar-refractivity contribution in [3.05, 3.63) is 106 Å². The smallest absolute Gasteiger partial charge is 0.355 e. The maximum Gasteiger partial charge on any atom is 0.416 e. The van der Waals surface area contributed by atoms with E-state index < -0.39 is 11.7 Å². The van der Waals surface area contributed by atoms with Crippen LogP contribution in [0.2, 0.25) is 5.02 Å². The highest BCUT2D eigenvalue weighted by Gasteiger charge is 2.33. The summed E-state index contributed by atoms with van der Waals surface area (Å²) in [5.74, 6) is -0.0856.